The largest absolute Gasteiger partial charge is 0.396 e. The van der Waals surface area contributed by atoms with E-state index in [4.69, 9.17) is 5.11 Å². The zero-order valence-corrected chi connectivity index (χ0v) is 12.3. The van der Waals surface area contributed by atoms with Gasteiger partial charge in [0.15, 0.2) is 0 Å². The Hall–Kier alpha value is -0.120. The van der Waals surface area contributed by atoms with E-state index in [2.05, 4.69) is 24.1 Å². The highest BCUT2D eigenvalue weighted by Gasteiger charge is 2.26. The zero-order valence-electron chi connectivity index (χ0n) is 12.3. The third-order valence-electron chi connectivity index (χ3n) is 4.19. The molecule has 0 spiro atoms. The highest BCUT2D eigenvalue weighted by atomic mass is 16.2. The molecule has 18 heavy (non-hydrogen) atoms. The molecular formula is C15H32N2O. The van der Waals surface area contributed by atoms with Crippen molar-refractivity contribution in [1.29, 1.82) is 0 Å². The first kappa shape index (κ1) is 15.9. The fourth-order valence-electron chi connectivity index (χ4n) is 3.06. The maximum atomic E-state index is 8.74. The summed E-state index contributed by atoms with van der Waals surface area (Å²) >= 11 is 0. The Balaban J connectivity index is 2.17. The molecule has 1 aliphatic heterocycles. The van der Waals surface area contributed by atoms with E-state index in [0.717, 1.165) is 24.9 Å². The van der Waals surface area contributed by atoms with E-state index in [1.54, 1.807) is 0 Å². The minimum atomic E-state index is 0.353. The van der Waals surface area contributed by atoms with Gasteiger partial charge >= 0.3 is 0 Å². The quantitative estimate of drug-likeness (QED) is 0.621. The summed E-state index contributed by atoms with van der Waals surface area (Å²) in [7, 11) is 0. The molecule has 1 fully saturated rings. The molecule has 1 aliphatic rings. The Morgan fingerprint density at radius 1 is 1.17 bits per heavy atom. The monoisotopic (exact) mass is 256 g/mol. The average Bonchev–Trinajstić information content (AvgIpc) is 2.40. The molecule has 108 valence electrons. The lowest BCUT2D eigenvalue weighted by Gasteiger charge is -2.38. The van der Waals surface area contributed by atoms with Gasteiger partial charge in [-0.3, -0.25) is 0 Å². The van der Waals surface area contributed by atoms with Crippen molar-refractivity contribution in [3.63, 3.8) is 0 Å². The highest BCUT2D eigenvalue weighted by molar-refractivity contribution is 4.84. The fourth-order valence-corrected chi connectivity index (χ4v) is 3.06. The van der Waals surface area contributed by atoms with Crippen molar-refractivity contribution in [3.8, 4) is 0 Å². The third-order valence-corrected chi connectivity index (χ3v) is 4.19. The Morgan fingerprint density at radius 2 is 1.94 bits per heavy atom. The molecule has 2 atom stereocenters. The van der Waals surface area contributed by atoms with Gasteiger partial charge in [-0.1, -0.05) is 33.1 Å². The summed E-state index contributed by atoms with van der Waals surface area (Å²) in [6.45, 7) is 9.76. The van der Waals surface area contributed by atoms with Crippen molar-refractivity contribution in [2.45, 2.75) is 58.4 Å². The molecule has 0 bridgehead atoms. The van der Waals surface area contributed by atoms with Crippen molar-refractivity contribution in [3.05, 3.63) is 0 Å². The molecule has 2 N–H and O–H groups in total. The summed E-state index contributed by atoms with van der Waals surface area (Å²) in [6, 6.07) is 0.741. The van der Waals surface area contributed by atoms with Crippen LogP contribution in [-0.4, -0.2) is 48.8 Å². The molecule has 0 aromatic rings. The summed E-state index contributed by atoms with van der Waals surface area (Å²) in [5.74, 6) is 0.830. The number of hydrogen-bond donors (Lipinski definition) is 2. The Bertz CT molecular complexity index is 199. The molecule has 0 aromatic heterocycles. The van der Waals surface area contributed by atoms with Gasteiger partial charge in [0.2, 0.25) is 0 Å². The number of unbranched alkanes of at least 4 members (excludes halogenated alkanes) is 3. The van der Waals surface area contributed by atoms with Gasteiger partial charge < -0.3 is 15.3 Å². The first-order valence-electron chi connectivity index (χ1n) is 7.88. The molecule has 1 saturated heterocycles. The second-order valence-corrected chi connectivity index (χ2v) is 5.56. The number of nitrogens with zero attached hydrogens (tertiary/aromatic N) is 1. The van der Waals surface area contributed by atoms with E-state index in [0.29, 0.717) is 6.61 Å². The zero-order chi connectivity index (χ0) is 13.2. The molecule has 0 aromatic carbocycles. The number of nitrogens with one attached hydrogen (secondary N) is 1. The molecule has 1 rings (SSSR count). The van der Waals surface area contributed by atoms with Gasteiger partial charge in [-0.05, 0) is 44.8 Å². The van der Waals surface area contributed by atoms with Crippen LogP contribution in [0, 0.1) is 5.92 Å². The lowest BCUT2D eigenvalue weighted by Crippen LogP contribution is -2.49. The van der Waals surface area contributed by atoms with Gasteiger partial charge in [-0.15, -0.1) is 0 Å². The van der Waals surface area contributed by atoms with E-state index in [1.165, 1.54) is 51.7 Å². The van der Waals surface area contributed by atoms with Crippen LogP contribution in [0.25, 0.3) is 0 Å². The molecule has 0 radical (unpaired) electrons. The van der Waals surface area contributed by atoms with E-state index < -0.39 is 0 Å². The van der Waals surface area contributed by atoms with E-state index >= 15 is 0 Å². The summed E-state index contributed by atoms with van der Waals surface area (Å²) in [4.78, 5) is 2.64. The van der Waals surface area contributed by atoms with E-state index in [9.17, 15) is 0 Å². The highest BCUT2D eigenvalue weighted by Crippen LogP contribution is 2.20. The number of aliphatic hydroxyl groups excluding tert-OH is 1. The van der Waals surface area contributed by atoms with E-state index in [-0.39, 0.29) is 0 Å². The molecule has 3 heteroatoms. The molecule has 0 saturated carbocycles. The van der Waals surface area contributed by atoms with Crippen LogP contribution in [0.4, 0.5) is 0 Å². The van der Waals surface area contributed by atoms with Crippen molar-refractivity contribution in [1.82, 2.24) is 10.2 Å². The molecule has 3 nitrogen and oxygen atoms in total. The summed E-state index contributed by atoms with van der Waals surface area (Å²) < 4.78 is 0. The molecule has 0 amide bonds. The molecular weight excluding hydrogens is 224 g/mol. The second-order valence-electron chi connectivity index (χ2n) is 5.56. The first-order chi connectivity index (χ1) is 8.81. The first-order valence-corrected chi connectivity index (χ1v) is 7.88. The lowest BCUT2D eigenvalue weighted by atomic mass is 9.89. The van der Waals surface area contributed by atoms with Crippen LogP contribution in [0.1, 0.15) is 52.4 Å². The Kier molecular flexibility index (Phi) is 8.64. The lowest BCUT2D eigenvalue weighted by molar-refractivity contribution is 0.133. The molecule has 2 unspecified atom stereocenters. The van der Waals surface area contributed by atoms with Gasteiger partial charge in [-0.2, -0.15) is 0 Å². The predicted molar refractivity (Wildman–Crippen MR) is 77.9 cm³/mol. The summed E-state index contributed by atoms with van der Waals surface area (Å²) in [5, 5.41) is 12.4. The van der Waals surface area contributed by atoms with Gasteiger partial charge in [0.05, 0.1) is 0 Å². The van der Waals surface area contributed by atoms with Crippen LogP contribution in [0.15, 0.2) is 0 Å². The third kappa shape index (κ3) is 5.68. The van der Waals surface area contributed by atoms with E-state index in [1.807, 2.05) is 0 Å². The molecule has 0 aliphatic carbocycles. The number of hydrogen-bond acceptors (Lipinski definition) is 3. The number of likely N-dealkylation sites (tertiary alicyclic amines) is 1. The minimum absolute atomic E-state index is 0.353. The maximum Gasteiger partial charge on any atom is 0.0431 e. The van der Waals surface area contributed by atoms with Crippen LogP contribution in [0.2, 0.25) is 0 Å². The van der Waals surface area contributed by atoms with Gasteiger partial charge in [0, 0.05) is 19.2 Å². The van der Waals surface area contributed by atoms with Crippen LogP contribution >= 0.6 is 0 Å². The normalized spacial score (nSPS) is 25.5. The second kappa shape index (κ2) is 9.76. The van der Waals surface area contributed by atoms with Crippen LogP contribution in [0.5, 0.6) is 0 Å². The predicted octanol–water partition coefficient (Wildman–Crippen LogP) is 2.25. The van der Waals surface area contributed by atoms with Crippen molar-refractivity contribution >= 4 is 0 Å². The van der Waals surface area contributed by atoms with Gasteiger partial charge in [0.25, 0.3) is 0 Å². The minimum Gasteiger partial charge on any atom is -0.396 e. The fraction of sp³-hybridized carbons (Fsp3) is 1.00. The molecule has 1 heterocycles. The van der Waals surface area contributed by atoms with Crippen LogP contribution < -0.4 is 5.32 Å². The number of piperidine rings is 1. The number of aliphatic hydroxyl groups is 1. The SMILES string of the molecule is CCNC1CCN(CCCCCCO)CC1CC. The van der Waals surface area contributed by atoms with Crippen molar-refractivity contribution in [2.24, 2.45) is 5.92 Å². The average molecular weight is 256 g/mol. The number of rotatable bonds is 9. The standard InChI is InChI=1S/C15H32N2O/c1-3-14-13-17(10-7-5-6-8-12-18)11-9-15(14)16-4-2/h14-16,18H,3-13H2,1-2H3. The summed E-state index contributed by atoms with van der Waals surface area (Å²) in [5.41, 5.74) is 0. The smallest absolute Gasteiger partial charge is 0.0431 e. The van der Waals surface area contributed by atoms with Gasteiger partial charge in [-0.25, -0.2) is 0 Å². The van der Waals surface area contributed by atoms with Crippen LogP contribution in [0.3, 0.4) is 0 Å². The van der Waals surface area contributed by atoms with Crippen LogP contribution in [-0.2, 0) is 0 Å². The van der Waals surface area contributed by atoms with Crippen molar-refractivity contribution in [2.75, 3.05) is 32.8 Å². The summed E-state index contributed by atoms with van der Waals surface area (Å²) in [6.07, 6.45) is 7.32. The Labute approximate surface area is 113 Å². The topological polar surface area (TPSA) is 35.5 Å². The van der Waals surface area contributed by atoms with Gasteiger partial charge in [0.1, 0.15) is 0 Å². The maximum absolute atomic E-state index is 8.74. The Morgan fingerprint density at radius 3 is 2.61 bits per heavy atom. The van der Waals surface area contributed by atoms with Crippen molar-refractivity contribution < 1.29 is 5.11 Å².